The molecule has 1 saturated heterocycles. The van der Waals surface area contributed by atoms with E-state index in [0.717, 1.165) is 11.1 Å². The molecule has 1 aliphatic rings. The van der Waals surface area contributed by atoms with Crippen LogP contribution in [0.4, 0.5) is 0 Å². The number of aromatic nitrogens is 4. The van der Waals surface area contributed by atoms with E-state index in [1.54, 1.807) is 12.4 Å². The Balaban J connectivity index is 1.44. The number of benzene rings is 1. The molecule has 0 saturated carbocycles. The summed E-state index contributed by atoms with van der Waals surface area (Å²) in [6.45, 7) is 1.32. The number of hydrogen-bond donors (Lipinski definition) is 1. The van der Waals surface area contributed by atoms with Crippen LogP contribution in [0.5, 0.6) is 0 Å². The molecule has 1 unspecified atom stereocenters. The molecule has 1 fully saturated rings. The second-order valence-corrected chi connectivity index (χ2v) is 5.92. The maximum absolute atomic E-state index is 12.6. The maximum Gasteiger partial charge on any atom is 0.239 e. The lowest BCUT2D eigenvalue weighted by atomic mass is 10.1. The number of amides is 1. The molecule has 0 radical (unpaired) electrons. The highest BCUT2D eigenvalue weighted by Crippen LogP contribution is 2.28. The van der Waals surface area contributed by atoms with Gasteiger partial charge < -0.3 is 9.42 Å². The third kappa shape index (κ3) is 2.92. The fourth-order valence-electron chi connectivity index (χ4n) is 2.97. The smallest absolute Gasteiger partial charge is 0.239 e. The second kappa shape index (κ2) is 6.27. The Morgan fingerprint density at radius 2 is 2.12 bits per heavy atom. The first-order valence-electron chi connectivity index (χ1n) is 7.92. The summed E-state index contributed by atoms with van der Waals surface area (Å²) in [5.74, 6) is 0.700. The molecule has 7 heteroatoms. The van der Waals surface area contributed by atoms with Gasteiger partial charge >= 0.3 is 0 Å². The Morgan fingerprint density at radius 1 is 1.25 bits per heavy atom. The molecule has 1 aromatic carbocycles. The van der Waals surface area contributed by atoms with Crippen LogP contribution in [-0.2, 0) is 17.8 Å². The first-order valence-corrected chi connectivity index (χ1v) is 7.92. The summed E-state index contributed by atoms with van der Waals surface area (Å²) in [6.07, 6.45) is 4.75. The van der Waals surface area contributed by atoms with Crippen molar-refractivity contribution < 1.29 is 9.32 Å². The third-order valence-electron chi connectivity index (χ3n) is 4.21. The van der Waals surface area contributed by atoms with E-state index in [1.807, 2.05) is 35.2 Å². The molecule has 2 aromatic heterocycles. The summed E-state index contributed by atoms with van der Waals surface area (Å²) in [7, 11) is 0. The average Bonchev–Trinajstić information content (AvgIpc) is 3.33. The number of nitrogens with zero attached hydrogens (tertiary/aromatic N) is 4. The van der Waals surface area contributed by atoms with E-state index in [9.17, 15) is 4.79 Å². The van der Waals surface area contributed by atoms with Crippen molar-refractivity contribution in [3.8, 4) is 0 Å². The highest BCUT2D eigenvalue weighted by Gasteiger charge is 2.36. The molecule has 3 heterocycles. The van der Waals surface area contributed by atoms with Crippen LogP contribution in [0.1, 0.15) is 35.2 Å². The minimum absolute atomic E-state index is 0.0531. The van der Waals surface area contributed by atoms with Gasteiger partial charge in [-0.3, -0.25) is 9.89 Å². The topological polar surface area (TPSA) is 87.9 Å². The Labute approximate surface area is 138 Å². The monoisotopic (exact) mass is 323 g/mol. The molecule has 3 aromatic rings. The van der Waals surface area contributed by atoms with Crippen molar-refractivity contribution in [2.75, 3.05) is 6.54 Å². The van der Waals surface area contributed by atoms with Crippen LogP contribution in [0.25, 0.3) is 0 Å². The number of carbonyl (C=O) groups excluding carboxylic acids is 1. The second-order valence-electron chi connectivity index (χ2n) is 5.92. The van der Waals surface area contributed by atoms with Crippen LogP contribution >= 0.6 is 0 Å². The Morgan fingerprint density at radius 3 is 2.92 bits per heavy atom. The molecular formula is C17H17N5O2. The van der Waals surface area contributed by atoms with E-state index in [-0.39, 0.29) is 11.8 Å². The highest BCUT2D eigenvalue weighted by molar-refractivity contribution is 5.84. The van der Waals surface area contributed by atoms with Gasteiger partial charge in [-0.05, 0) is 17.5 Å². The number of rotatable bonds is 5. The first kappa shape index (κ1) is 14.6. The summed E-state index contributed by atoms with van der Waals surface area (Å²) < 4.78 is 5.33. The van der Waals surface area contributed by atoms with Gasteiger partial charge in [-0.15, -0.1) is 0 Å². The van der Waals surface area contributed by atoms with Gasteiger partial charge in [-0.2, -0.15) is 10.1 Å². The quantitative estimate of drug-likeness (QED) is 0.775. The molecule has 0 bridgehead atoms. The number of nitrogens with one attached hydrogen (secondary N) is 1. The van der Waals surface area contributed by atoms with Crippen LogP contribution in [-0.4, -0.2) is 37.7 Å². The normalized spacial score (nSPS) is 17.6. The van der Waals surface area contributed by atoms with Gasteiger partial charge in [0.05, 0.1) is 6.20 Å². The lowest BCUT2D eigenvalue weighted by Gasteiger charge is -2.15. The number of H-pyrrole nitrogens is 1. The van der Waals surface area contributed by atoms with E-state index >= 15 is 0 Å². The molecule has 24 heavy (non-hydrogen) atoms. The van der Waals surface area contributed by atoms with Crippen LogP contribution in [0, 0.1) is 0 Å². The molecule has 1 atom stereocenters. The highest BCUT2D eigenvalue weighted by atomic mass is 16.5. The predicted molar refractivity (Wildman–Crippen MR) is 84.9 cm³/mol. The minimum atomic E-state index is -0.334. The standard InChI is InChI=1S/C17H17N5O2/c23-17-14(6-7-22(17)11-12-4-2-1-3-5-12)16-20-15(21-24-16)8-13-9-18-19-10-13/h1-5,9-10,14H,6-8,11H2,(H,18,19). The third-order valence-corrected chi connectivity index (χ3v) is 4.21. The van der Waals surface area contributed by atoms with E-state index in [1.165, 1.54) is 0 Å². The van der Waals surface area contributed by atoms with E-state index < -0.39 is 0 Å². The predicted octanol–water partition coefficient (Wildman–Crippen LogP) is 1.90. The summed E-state index contributed by atoms with van der Waals surface area (Å²) in [4.78, 5) is 18.9. The van der Waals surface area contributed by atoms with Crippen molar-refractivity contribution >= 4 is 5.91 Å². The first-order chi connectivity index (χ1) is 11.8. The SMILES string of the molecule is O=C1C(c2nc(Cc3cn[nH]c3)no2)CCN1Cc1ccccc1. The van der Waals surface area contributed by atoms with Crippen molar-refractivity contribution in [1.29, 1.82) is 0 Å². The van der Waals surface area contributed by atoms with Gasteiger partial charge in [-0.25, -0.2) is 0 Å². The van der Waals surface area contributed by atoms with E-state index in [0.29, 0.717) is 37.6 Å². The van der Waals surface area contributed by atoms with E-state index in [4.69, 9.17) is 4.52 Å². The zero-order valence-electron chi connectivity index (χ0n) is 13.1. The van der Waals surface area contributed by atoms with Gasteiger partial charge in [0.1, 0.15) is 5.92 Å². The fraction of sp³-hybridized carbons (Fsp3) is 0.294. The van der Waals surface area contributed by atoms with Gasteiger partial charge in [0, 0.05) is 25.7 Å². The van der Waals surface area contributed by atoms with Gasteiger partial charge in [0.2, 0.25) is 11.8 Å². The van der Waals surface area contributed by atoms with Gasteiger partial charge in [-0.1, -0.05) is 35.5 Å². The van der Waals surface area contributed by atoms with Crippen molar-refractivity contribution in [1.82, 2.24) is 25.2 Å². The number of likely N-dealkylation sites (tertiary alicyclic amines) is 1. The lowest BCUT2D eigenvalue weighted by molar-refractivity contribution is -0.129. The Kier molecular flexibility index (Phi) is 3.82. The summed E-state index contributed by atoms with van der Waals surface area (Å²) in [5, 5.41) is 10.6. The van der Waals surface area contributed by atoms with Crippen molar-refractivity contribution in [3.05, 3.63) is 65.6 Å². The summed E-state index contributed by atoms with van der Waals surface area (Å²) in [5.41, 5.74) is 2.10. The number of aromatic amines is 1. The molecule has 1 amide bonds. The van der Waals surface area contributed by atoms with Crippen LogP contribution < -0.4 is 0 Å². The van der Waals surface area contributed by atoms with Gasteiger partial charge in [0.15, 0.2) is 5.82 Å². The average molecular weight is 323 g/mol. The van der Waals surface area contributed by atoms with Crippen LogP contribution in [0.2, 0.25) is 0 Å². The van der Waals surface area contributed by atoms with Crippen molar-refractivity contribution in [2.24, 2.45) is 0 Å². The fourth-order valence-corrected chi connectivity index (χ4v) is 2.97. The summed E-state index contributed by atoms with van der Waals surface area (Å²) >= 11 is 0. The molecule has 0 spiro atoms. The number of hydrogen-bond acceptors (Lipinski definition) is 5. The Hall–Kier alpha value is -2.96. The van der Waals surface area contributed by atoms with Crippen LogP contribution in [0.15, 0.2) is 47.2 Å². The minimum Gasteiger partial charge on any atom is -0.338 e. The van der Waals surface area contributed by atoms with Crippen LogP contribution in [0.3, 0.4) is 0 Å². The molecule has 1 aliphatic heterocycles. The molecule has 0 aliphatic carbocycles. The molecule has 1 N–H and O–H groups in total. The van der Waals surface area contributed by atoms with E-state index in [2.05, 4.69) is 20.3 Å². The largest absolute Gasteiger partial charge is 0.338 e. The zero-order valence-corrected chi connectivity index (χ0v) is 13.1. The molecule has 7 nitrogen and oxygen atoms in total. The maximum atomic E-state index is 12.6. The summed E-state index contributed by atoms with van der Waals surface area (Å²) in [6, 6.07) is 9.98. The molecular weight excluding hydrogens is 306 g/mol. The van der Waals surface area contributed by atoms with Crippen molar-refractivity contribution in [2.45, 2.75) is 25.3 Å². The Bertz CT molecular complexity index is 813. The zero-order chi connectivity index (χ0) is 16.4. The number of carbonyl (C=O) groups is 1. The molecule has 4 rings (SSSR count). The molecule has 122 valence electrons. The lowest BCUT2D eigenvalue weighted by Crippen LogP contribution is -2.26. The van der Waals surface area contributed by atoms with Gasteiger partial charge in [0.25, 0.3) is 0 Å². The van der Waals surface area contributed by atoms with Crippen molar-refractivity contribution in [3.63, 3.8) is 0 Å².